The molecule has 1 N–H and O–H groups in total. The molecule has 1 unspecified atom stereocenters. The van der Waals surface area contributed by atoms with Crippen molar-refractivity contribution in [2.45, 2.75) is 25.3 Å². The van der Waals surface area contributed by atoms with Gasteiger partial charge < -0.3 is 15.0 Å². The minimum Gasteiger partial charge on any atom is -0.495 e. The second-order valence-electron chi connectivity index (χ2n) is 5.72. The molecule has 2 fully saturated rings. The zero-order valence-electron chi connectivity index (χ0n) is 11.7. The van der Waals surface area contributed by atoms with Crippen LogP contribution >= 0.6 is 31.9 Å². The first-order valence-corrected chi connectivity index (χ1v) is 8.77. The third kappa shape index (κ3) is 3.31. The second kappa shape index (κ2) is 6.24. The molecule has 1 heterocycles. The Morgan fingerprint density at radius 1 is 1.25 bits per heavy atom. The van der Waals surface area contributed by atoms with Crippen LogP contribution in [0.2, 0.25) is 0 Å². The summed E-state index contributed by atoms with van der Waals surface area (Å²) >= 11 is 7.20. The standard InChI is InChI=1S/C15H20Br2N2O/c1-20-15-7-14(12(16)6-13(15)17)19-5-4-10(9-19)8-18-11-2-3-11/h6-7,10-11,18H,2-5,8-9H2,1H3. The minimum absolute atomic E-state index is 0.761. The SMILES string of the molecule is COc1cc(N2CCC(CNC3CC3)C2)c(Br)cc1Br. The van der Waals surface area contributed by atoms with Gasteiger partial charge in [0, 0.05) is 29.7 Å². The highest BCUT2D eigenvalue weighted by Gasteiger charge is 2.27. The van der Waals surface area contributed by atoms with Crippen LogP contribution < -0.4 is 15.0 Å². The highest BCUT2D eigenvalue weighted by atomic mass is 79.9. The molecule has 0 bridgehead atoms. The van der Waals surface area contributed by atoms with Crippen LogP contribution in [0.3, 0.4) is 0 Å². The summed E-state index contributed by atoms with van der Waals surface area (Å²) in [6.45, 7) is 3.41. The van der Waals surface area contributed by atoms with Crippen LogP contribution in [-0.2, 0) is 0 Å². The zero-order valence-corrected chi connectivity index (χ0v) is 14.8. The largest absolute Gasteiger partial charge is 0.495 e. The normalized spacial score (nSPS) is 22.4. The van der Waals surface area contributed by atoms with E-state index < -0.39 is 0 Å². The second-order valence-corrected chi connectivity index (χ2v) is 7.43. The van der Waals surface area contributed by atoms with Crippen molar-refractivity contribution in [3.05, 3.63) is 21.1 Å². The molecule has 0 aromatic heterocycles. The highest BCUT2D eigenvalue weighted by Crippen LogP contribution is 2.38. The maximum absolute atomic E-state index is 5.41. The molecule has 3 rings (SSSR count). The van der Waals surface area contributed by atoms with E-state index in [-0.39, 0.29) is 0 Å². The van der Waals surface area contributed by atoms with Crippen molar-refractivity contribution in [1.29, 1.82) is 0 Å². The Morgan fingerprint density at radius 2 is 2.05 bits per heavy atom. The Kier molecular flexibility index (Phi) is 4.58. The van der Waals surface area contributed by atoms with Gasteiger partial charge in [0.1, 0.15) is 5.75 Å². The summed E-state index contributed by atoms with van der Waals surface area (Å²) in [5, 5.41) is 3.65. The number of rotatable bonds is 5. The van der Waals surface area contributed by atoms with Crippen LogP contribution in [0.5, 0.6) is 5.75 Å². The summed E-state index contributed by atoms with van der Waals surface area (Å²) < 4.78 is 7.52. The van der Waals surface area contributed by atoms with E-state index in [9.17, 15) is 0 Å². The lowest BCUT2D eigenvalue weighted by molar-refractivity contribution is 0.412. The van der Waals surface area contributed by atoms with Gasteiger partial charge >= 0.3 is 0 Å². The van der Waals surface area contributed by atoms with Crippen LogP contribution in [0.4, 0.5) is 5.69 Å². The number of nitrogens with zero attached hydrogens (tertiary/aromatic N) is 1. The highest BCUT2D eigenvalue weighted by molar-refractivity contribution is 9.11. The first-order valence-electron chi connectivity index (χ1n) is 7.18. The molecule has 20 heavy (non-hydrogen) atoms. The van der Waals surface area contributed by atoms with Crippen LogP contribution in [0.1, 0.15) is 19.3 Å². The molecule has 1 atom stereocenters. The third-order valence-electron chi connectivity index (χ3n) is 4.12. The van der Waals surface area contributed by atoms with Crippen LogP contribution in [0.25, 0.3) is 0 Å². The molecule has 1 aliphatic carbocycles. The first-order chi connectivity index (χ1) is 9.67. The molecule has 0 amide bonds. The molecule has 1 saturated heterocycles. The van der Waals surface area contributed by atoms with Crippen LogP contribution in [0.15, 0.2) is 21.1 Å². The lowest BCUT2D eigenvalue weighted by Crippen LogP contribution is -2.27. The third-order valence-corrected chi connectivity index (χ3v) is 5.38. The predicted octanol–water partition coefficient (Wildman–Crippen LogP) is 3.80. The molecule has 1 aliphatic heterocycles. The topological polar surface area (TPSA) is 24.5 Å². The monoisotopic (exact) mass is 402 g/mol. The quantitative estimate of drug-likeness (QED) is 0.809. The summed E-state index contributed by atoms with van der Waals surface area (Å²) in [7, 11) is 1.71. The van der Waals surface area contributed by atoms with E-state index in [0.29, 0.717) is 0 Å². The van der Waals surface area contributed by atoms with E-state index in [4.69, 9.17) is 4.74 Å². The molecule has 0 spiro atoms. The molecule has 1 aromatic carbocycles. The average molecular weight is 404 g/mol. The Bertz CT molecular complexity index is 491. The number of methoxy groups -OCH3 is 1. The summed E-state index contributed by atoms with van der Waals surface area (Å²) in [5.74, 6) is 1.65. The Balaban J connectivity index is 1.66. The predicted molar refractivity (Wildman–Crippen MR) is 89.7 cm³/mol. The fraction of sp³-hybridized carbons (Fsp3) is 0.600. The molecule has 3 nitrogen and oxygen atoms in total. The molecule has 5 heteroatoms. The summed E-state index contributed by atoms with van der Waals surface area (Å²) in [4.78, 5) is 2.46. The van der Waals surface area contributed by atoms with Crippen molar-refractivity contribution in [3.8, 4) is 5.75 Å². The lowest BCUT2D eigenvalue weighted by Gasteiger charge is -2.21. The molecule has 110 valence electrons. The van der Waals surface area contributed by atoms with Crippen molar-refractivity contribution >= 4 is 37.5 Å². The van der Waals surface area contributed by atoms with Crippen molar-refractivity contribution in [1.82, 2.24) is 5.32 Å². The molecular weight excluding hydrogens is 384 g/mol. The molecule has 1 aromatic rings. The van der Waals surface area contributed by atoms with Crippen molar-refractivity contribution in [3.63, 3.8) is 0 Å². The Morgan fingerprint density at radius 3 is 2.75 bits per heavy atom. The van der Waals surface area contributed by atoms with Gasteiger partial charge in [-0.05, 0) is 69.7 Å². The van der Waals surface area contributed by atoms with E-state index in [1.807, 2.05) is 0 Å². The summed E-state index contributed by atoms with van der Waals surface area (Å²) in [6.07, 6.45) is 4.00. The van der Waals surface area contributed by atoms with Gasteiger partial charge in [-0.25, -0.2) is 0 Å². The van der Waals surface area contributed by atoms with Crippen molar-refractivity contribution in [2.75, 3.05) is 31.6 Å². The number of hydrogen-bond donors (Lipinski definition) is 1. The number of nitrogens with one attached hydrogen (secondary N) is 1. The molecular formula is C15H20Br2N2O. The van der Waals surface area contributed by atoms with Gasteiger partial charge in [0.2, 0.25) is 0 Å². The van der Waals surface area contributed by atoms with Gasteiger partial charge in [-0.3, -0.25) is 0 Å². The van der Waals surface area contributed by atoms with Gasteiger partial charge in [-0.2, -0.15) is 0 Å². The number of benzene rings is 1. The fourth-order valence-corrected chi connectivity index (χ4v) is 4.16. The number of hydrogen-bond acceptors (Lipinski definition) is 3. The van der Waals surface area contributed by atoms with Crippen molar-refractivity contribution < 1.29 is 4.74 Å². The van der Waals surface area contributed by atoms with Gasteiger partial charge in [0.25, 0.3) is 0 Å². The zero-order chi connectivity index (χ0) is 14.1. The molecule has 1 saturated carbocycles. The average Bonchev–Trinajstić information content (AvgIpc) is 3.15. The maximum Gasteiger partial charge on any atom is 0.135 e. The van der Waals surface area contributed by atoms with Gasteiger partial charge in [-0.1, -0.05) is 0 Å². The van der Waals surface area contributed by atoms with E-state index in [1.165, 1.54) is 24.9 Å². The molecule has 0 radical (unpaired) electrons. The van der Waals surface area contributed by atoms with Crippen molar-refractivity contribution in [2.24, 2.45) is 5.92 Å². The van der Waals surface area contributed by atoms with Crippen LogP contribution in [0, 0.1) is 5.92 Å². The Hall–Kier alpha value is -0.260. The van der Waals surface area contributed by atoms with E-state index in [2.05, 4.69) is 54.2 Å². The van der Waals surface area contributed by atoms with E-state index in [1.54, 1.807) is 7.11 Å². The minimum atomic E-state index is 0.761. The number of ether oxygens (including phenoxy) is 1. The first kappa shape index (κ1) is 14.7. The van der Waals surface area contributed by atoms with Gasteiger partial charge in [0.05, 0.1) is 17.3 Å². The van der Waals surface area contributed by atoms with E-state index >= 15 is 0 Å². The lowest BCUT2D eigenvalue weighted by atomic mass is 10.1. The molecule has 2 aliphatic rings. The Labute approximate surface area is 137 Å². The number of halogens is 2. The van der Waals surface area contributed by atoms with E-state index in [0.717, 1.165) is 46.3 Å². The summed E-state index contributed by atoms with van der Waals surface area (Å²) in [6, 6.07) is 5.00. The smallest absolute Gasteiger partial charge is 0.135 e. The van der Waals surface area contributed by atoms with Gasteiger partial charge in [0.15, 0.2) is 0 Å². The maximum atomic E-state index is 5.41. The summed E-state index contributed by atoms with van der Waals surface area (Å²) in [5.41, 5.74) is 1.24. The van der Waals surface area contributed by atoms with Crippen LogP contribution in [-0.4, -0.2) is 32.8 Å². The number of anilines is 1. The van der Waals surface area contributed by atoms with Gasteiger partial charge in [-0.15, -0.1) is 0 Å². The fourth-order valence-electron chi connectivity index (χ4n) is 2.76.